The number of hydrogen-bond acceptors (Lipinski definition) is 7. The molecule has 0 bridgehead atoms. The van der Waals surface area contributed by atoms with Gasteiger partial charge in [-0.2, -0.15) is 10.1 Å². The van der Waals surface area contributed by atoms with Gasteiger partial charge in [-0.05, 0) is 55.4 Å². The van der Waals surface area contributed by atoms with Crippen molar-refractivity contribution in [3.63, 3.8) is 0 Å². The standard InChI is InChI=1S/C20H18ClFN6O3S/c21-13-4-7-16(22)17(10-13)32(29,30)28-14-5-2-12(3-6-14)18-25-19-15(11-24-27-19)20(26-18)31-9-1-8-23/h2-7,10-11,28H,1,8-9,23H2,(H,24,25,26,27). The second kappa shape index (κ2) is 9.07. The van der Waals surface area contributed by atoms with E-state index in [1.165, 1.54) is 18.2 Å². The highest BCUT2D eigenvalue weighted by Crippen LogP contribution is 2.27. The van der Waals surface area contributed by atoms with Gasteiger partial charge in [0.15, 0.2) is 11.5 Å². The number of ether oxygens (including phenoxy) is 1. The van der Waals surface area contributed by atoms with E-state index in [0.29, 0.717) is 47.9 Å². The maximum atomic E-state index is 14.0. The quantitative estimate of drug-likeness (QED) is 0.332. The van der Waals surface area contributed by atoms with Gasteiger partial charge in [-0.1, -0.05) is 11.6 Å². The minimum Gasteiger partial charge on any atom is -0.477 e. The zero-order chi connectivity index (χ0) is 22.7. The van der Waals surface area contributed by atoms with Crippen LogP contribution in [0.15, 0.2) is 53.6 Å². The lowest BCUT2D eigenvalue weighted by molar-refractivity contribution is 0.305. The highest BCUT2D eigenvalue weighted by Gasteiger charge is 2.20. The van der Waals surface area contributed by atoms with E-state index in [1.54, 1.807) is 18.3 Å². The van der Waals surface area contributed by atoms with Crippen molar-refractivity contribution in [1.82, 2.24) is 20.2 Å². The van der Waals surface area contributed by atoms with Crippen LogP contribution in [0.3, 0.4) is 0 Å². The lowest BCUT2D eigenvalue weighted by Crippen LogP contribution is -2.14. The Labute approximate surface area is 187 Å². The molecule has 0 radical (unpaired) electrons. The van der Waals surface area contributed by atoms with Crippen LogP contribution in [0.25, 0.3) is 22.4 Å². The Morgan fingerprint density at radius 3 is 2.69 bits per heavy atom. The SMILES string of the molecule is NCCCOc1nc(-c2ccc(NS(=O)(=O)c3cc(Cl)ccc3F)cc2)nc2[nH]ncc12. The van der Waals surface area contributed by atoms with E-state index in [9.17, 15) is 12.8 Å². The van der Waals surface area contributed by atoms with Gasteiger partial charge in [0.1, 0.15) is 16.1 Å². The molecule has 0 saturated heterocycles. The largest absolute Gasteiger partial charge is 0.477 e. The zero-order valence-corrected chi connectivity index (χ0v) is 18.1. The van der Waals surface area contributed by atoms with Crippen LogP contribution < -0.4 is 15.2 Å². The van der Waals surface area contributed by atoms with Gasteiger partial charge in [0.05, 0.1) is 12.8 Å². The lowest BCUT2D eigenvalue weighted by atomic mass is 10.2. The number of H-pyrrole nitrogens is 1. The topological polar surface area (TPSA) is 136 Å². The van der Waals surface area contributed by atoms with Crippen molar-refractivity contribution in [3.05, 3.63) is 59.5 Å². The van der Waals surface area contributed by atoms with Gasteiger partial charge in [-0.25, -0.2) is 17.8 Å². The number of nitrogens with zero attached hydrogens (tertiary/aromatic N) is 3. The van der Waals surface area contributed by atoms with Gasteiger partial charge in [0.25, 0.3) is 10.0 Å². The van der Waals surface area contributed by atoms with Crippen molar-refractivity contribution in [2.24, 2.45) is 5.73 Å². The summed E-state index contributed by atoms with van der Waals surface area (Å²) in [5.41, 5.74) is 6.85. The van der Waals surface area contributed by atoms with Gasteiger partial charge in [0, 0.05) is 16.3 Å². The van der Waals surface area contributed by atoms with Gasteiger partial charge >= 0.3 is 0 Å². The number of hydrogen-bond donors (Lipinski definition) is 3. The van der Waals surface area contributed by atoms with Crippen molar-refractivity contribution in [1.29, 1.82) is 0 Å². The Kier molecular flexibility index (Phi) is 6.21. The van der Waals surface area contributed by atoms with Gasteiger partial charge in [0.2, 0.25) is 5.88 Å². The Hall–Kier alpha value is -3.28. The Bertz CT molecular complexity index is 1360. The number of rotatable bonds is 8. The summed E-state index contributed by atoms with van der Waals surface area (Å²) in [6.45, 7) is 0.886. The van der Waals surface area contributed by atoms with Crippen LogP contribution in [0.2, 0.25) is 5.02 Å². The summed E-state index contributed by atoms with van der Waals surface area (Å²) in [5, 5.41) is 7.51. The molecule has 0 amide bonds. The number of benzene rings is 2. The third kappa shape index (κ3) is 4.64. The van der Waals surface area contributed by atoms with Crippen LogP contribution >= 0.6 is 11.6 Å². The first-order valence-corrected chi connectivity index (χ1v) is 11.4. The number of anilines is 1. The molecule has 2 aromatic carbocycles. The molecule has 9 nitrogen and oxygen atoms in total. The molecule has 0 aliphatic rings. The average molecular weight is 477 g/mol. The summed E-state index contributed by atoms with van der Waals surface area (Å²) in [5.74, 6) is -0.171. The van der Waals surface area contributed by atoms with E-state index in [-0.39, 0.29) is 10.7 Å². The molecular weight excluding hydrogens is 459 g/mol. The molecule has 32 heavy (non-hydrogen) atoms. The molecule has 0 saturated carbocycles. The molecule has 4 rings (SSSR count). The number of halogens is 2. The second-order valence-corrected chi connectivity index (χ2v) is 8.82. The molecule has 0 fully saturated rings. The normalized spacial score (nSPS) is 11.6. The molecule has 0 aliphatic heterocycles. The number of sulfonamides is 1. The van der Waals surface area contributed by atoms with Crippen LogP contribution in [-0.2, 0) is 10.0 Å². The summed E-state index contributed by atoms with van der Waals surface area (Å²) in [6.07, 6.45) is 2.24. The highest BCUT2D eigenvalue weighted by molar-refractivity contribution is 7.92. The molecule has 0 atom stereocenters. The predicted octanol–water partition coefficient (Wildman–Crippen LogP) is 3.34. The van der Waals surface area contributed by atoms with Crippen LogP contribution in [0, 0.1) is 5.82 Å². The van der Waals surface area contributed by atoms with Gasteiger partial charge in [-0.15, -0.1) is 0 Å². The molecule has 2 aromatic heterocycles. The monoisotopic (exact) mass is 476 g/mol. The highest BCUT2D eigenvalue weighted by atomic mass is 35.5. The molecular formula is C20H18ClFN6O3S. The molecule has 4 aromatic rings. The van der Waals surface area contributed by atoms with Crippen LogP contribution in [0.1, 0.15) is 6.42 Å². The van der Waals surface area contributed by atoms with E-state index in [0.717, 1.165) is 12.1 Å². The first kappa shape index (κ1) is 21.9. The third-order valence-corrected chi connectivity index (χ3v) is 6.07. The van der Waals surface area contributed by atoms with Crippen molar-refractivity contribution < 1.29 is 17.5 Å². The molecule has 2 heterocycles. The minimum absolute atomic E-state index is 0.109. The fourth-order valence-electron chi connectivity index (χ4n) is 2.88. The molecule has 12 heteroatoms. The first-order valence-electron chi connectivity index (χ1n) is 9.49. The number of nitrogens with one attached hydrogen (secondary N) is 2. The summed E-state index contributed by atoms with van der Waals surface area (Å²) >= 11 is 5.80. The Morgan fingerprint density at radius 2 is 1.94 bits per heavy atom. The van der Waals surface area contributed by atoms with Crippen molar-refractivity contribution in [3.8, 4) is 17.3 Å². The molecule has 4 N–H and O–H groups in total. The van der Waals surface area contributed by atoms with Crippen molar-refractivity contribution in [2.75, 3.05) is 17.9 Å². The molecule has 0 aliphatic carbocycles. The van der Waals surface area contributed by atoms with Crippen LogP contribution in [-0.4, -0.2) is 41.7 Å². The van der Waals surface area contributed by atoms with Gasteiger partial charge in [-0.3, -0.25) is 9.82 Å². The Balaban J connectivity index is 1.60. The van der Waals surface area contributed by atoms with Crippen LogP contribution in [0.5, 0.6) is 5.88 Å². The number of aromatic amines is 1. The molecule has 0 spiro atoms. The Morgan fingerprint density at radius 1 is 1.16 bits per heavy atom. The van der Waals surface area contributed by atoms with E-state index in [2.05, 4.69) is 24.9 Å². The van der Waals surface area contributed by atoms with Crippen molar-refractivity contribution >= 4 is 38.3 Å². The minimum atomic E-state index is -4.17. The fourth-order valence-corrected chi connectivity index (χ4v) is 4.28. The van der Waals surface area contributed by atoms with E-state index in [4.69, 9.17) is 22.1 Å². The van der Waals surface area contributed by atoms with Crippen molar-refractivity contribution in [2.45, 2.75) is 11.3 Å². The fraction of sp³-hybridized carbons (Fsp3) is 0.150. The van der Waals surface area contributed by atoms with E-state index in [1.807, 2.05) is 0 Å². The maximum absolute atomic E-state index is 14.0. The third-order valence-electron chi connectivity index (χ3n) is 4.44. The molecule has 0 unspecified atom stereocenters. The summed E-state index contributed by atoms with van der Waals surface area (Å²) in [7, 11) is -4.17. The van der Waals surface area contributed by atoms with E-state index >= 15 is 0 Å². The number of nitrogens with two attached hydrogens (primary N) is 1. The number of aromatic nitrogens is 4. The lowest BCUT2D eigenvalue weighted by Gasteiger charge is -2.10. The van der Waals surface area contributed by atoms with Crippen LogP contribution in [0.4, 0.5) is 10.1 Å². The number of fused-ring (bicyclic) bond motifs is 1. The van der Waals surface area contributed by atoms with Gasteiger partial charge < -0.3 is 10.5 Å². The smallest absolute Gasteiger partial charge is 0.264 e. The predicted molar refractivity (Wildman–Crippen MR) is 119 cm³/mol. The second-order valence-electron chi connectivity index (χ2n) is 6.73. The summed E-state index contributed by atoms with van der Waals surface area (Å²) in [6, 6.07) is 9.62. The molecule has 166 valence electrons. The summed E-state index contributed by atoms with van der Waals surface area (Å²) < 4.78 is 47.1. The zero-order valence-electron chi connectivity index (χ0n) is 16.5. The average Bonchev–Trinajstić information content (AvgIpc) is 3.25. The maximum Gasteiger partial charge on any atom is 0.264 e. The van der Waals surface area contributed by atoms with E-state index < -0.39 is 20.7 Å². The summed E-state index contributed by atoms with van der Waals surface area (Å²) in [4.78, 5) is 8.34. The first-order chi connectivity index (χ1) is 15.4.